The van der Waals surface area contributed by atoms with Crippen molar-refractivity contribution < 1.29 is 9.21 Å². The highest BCUT2D eigenvalue weighted by Crippen LogP contribution is 2.29. The number of nitrogens with zero attached hydrogens (tertiary/aromatic N) is 7. The van der Waals surface area contributed by atoms with Gasteiger partial charge < -0.3 is 25.3 Å². The summed E-state index contributed by atoms with van der Waals surface area (Å²) in [5, 5.41) is 10.0. The van der Waals surface area contributed by atoms with Gasteiger partial charge in [-0.3, -0.25) is 14.7 Å². The first kappa shape index (κ1) is 26.1. The van der Waals surface area contributed by atoms with E-state index in [-0.39, 0.29) is 5.91 Å². The lowest BCUT2D eigenvalue weighted by Crippen LogP contribution is -2.48. The van der Waals surface area contributed by atoms with Crippen molar-refractivity contribution in [1.29, 1.82) is 0 Å². The summed E-state index contributed by atoms with van der Waals surface area (Å²) in [5.41, 5.74) is 5.68. The van der Waals surface area contributed by atoms with Gasteiger partial charge in [0.25, 0.3) is 6.01 Å². The molecule has 42 heavy (non-hydrogen) atoms. The minimum absolute atomic E-state index is 0.0641. The number of aryl methyl sites for hydroxylation is 2. The minimum Gasteiger partial charge on any atom is -0.404 e. The van der Waals surface area contributed by atoms with Crippen LogP contribution in [0.1, 0.15) is 11.1 Å². The molecule has 212 valence electrons. The van der Waals surface area contributed by atoms with Gasteiger partial charge in [-0.25, -0.2) is 9.97 Å². The highest BCUT2D eigenvalue weighted by Gasteiger charge is 2.23. The van der Waals surface area contributed by atoms with E-state index in [2.05, 4.69) is 50.7 Å². The van der Waals surface area contributed by atoms with Crippen molar-refractivity contribution in [3.05, 3.63) is 77.3 Å². The zero-order chi connectivity index (χ0) is 28.5. The first-order valence-corrected chi connectivity index (χ1v) is 14.1. The molecule has 12 nitrogen and oxygen atoms in total. The van der Waals surface area contributed by atoms with E-state index in [1.165, 1.54) is 0 Å². The molecule has 1 aromatic carbocycles. The fraction of sp³-hybridized carbons (Fsp3) is 0.241. The number of benzene rings is 1. The summed E-state index contributed by atoms with van der Waals surface area (Å²) < 4.78 is 5.81. The molecule has 6 bridgehead atoms. The highest BCUT2D eigenvalue weighted by molar-refractivity contribution is 6.32. The topological polar surface area (TPSA) is 137 Å². The Morgan fingerprint density at radius 3 is 2.76 bits per heavy atom. The molecule has 2 aliphatic rings. The van der Waals surface area contributed by atoms with Gasteiger partial charge >= 0.3 is 0 Å². The van der Waals surface area contributed by atoms with Crippen LogP contribution in [0.5, 0.6) is 0 Å². The molecule has 7 rings (SSSR count). The van der Waals surface area contributed by atoms with Crippen LogP contribution in [0.4, 0.5) is 34.8 Å². The molecule has 0 atom stereocenters. The van der Waals surface area contributed by atoms with Gasteiger partial charge in [0.2, 0.25) is 17.6 Å². The van der Waals surface area contributed by atoms with Crippen LogP contribution in [0.15, 0.2) is 65.6 Å². The fourth-order valence-corrected chi connectivity index (χ4v) is 5.27. The second kappa shape index (κ2) is 11.2. The Kier molecular flexibility index (Phi) is 6.98. The summed E-state index contributed by atoms with van der Waals surface area (Å²) >= 11 is 6.38. The number of nitrogens with one attached hydrogen (secondary N) is 3. The monoisotopic (exact) mass is 582 g/mol. The summed E-state index contributed by atoms with van der Waals surface area (Å²) in [6, 6.07) is 12.2. The van der Waals surface area contributed by atoms with Gasteiger partial charge in [0.15, 0.2) is 5.82 Å². The number of carbonyl (C=O) groups excluding carboxylic acids is 1. The first-order valence-electron chi connectivity index (χ1n) is 13.7. The third kappa shape index (κ3) is 5.67. The van der Waals surface area contributed by atoms with Crippen LogP contribution in [0, 0.1) is 0 Å². The van der Waals surface area contributed by atoms with Crippen LogP contribution < -0.4 is 20.9 Å². The third-order valence-corrected chi connectivity index (χ3v) is 7.56. The smallest absolute Gasteiger partial charge is 0.299 e. The molecule has 1 amide bonds. The standard InChI is InChI=1S/C29H27ClN10O2/c30-22-16-33-28-35-21-12-18(14-31-15-21)3-4-19-13-20(34-26(22)38-28)5-6-23(19)36-25(41)17-39-8-10-40(11-9-39)29-37-24-2-1-7-32-27(24)42-29/h1-2,5-7,12-16H,3-4,8-11,17H2,(H,36,41)(H2,33,34,35,38). The number of aromatic nitrogens is 5. The summed E-state index contributed by atoms with van der Waals surface area (Å²) in [4.78, 5) is 39.3. The number of hydrogen-bond acceptors (Lipinski definition) is 11. The van der Waals surface area contributed by atoms with E-state index in [0.29, 0.717) is 67.7 Å². The Labute approximate surface area is 246 Å². The van der Waals surface area contributed by atoms with E-state index in [1.54, 1.807) is 18.6 Å². The van der Waals surface area contributed by atoms with Crippen LogP contribution >= 0.6 is 11.6 Å². The molecular formula is C29H27ClN10O2. The molecule has 0 saturated carbocycles. The number of oxazole rings is 1. The molecule has 2 aliphatic heterocycles. The van der Waals surface area contributed by atoms with Crippen molar-refractivity contribution in [2.75, 3.05) is 53.6 Å². The zero-order valence-corrected chi connectivity index (χ0v) is 23.3. The lowest BCUT2D eigenvalue weighted by Gasteiger charge is -2.33. The molecule has 1 fully saturated rings. The number of carbonyl (C=O) groups is 1. The molecule has 0 unspecified atom stereocenters. The number of hydrogen-bond donors (Lipinski definition) is 3. The Balaban J connectivity index is 1.04. The molecule has 5 aromatic rings. The SMILES string of the molecule is O=C(CN1CCN(c2nc3cccnc3o2)CC1)Nc1ccc2cc1CCc1cncc(c1)Nc1ncc(Cl)c(n1)N2. The van der Waals surface area contributed by atoms with Crippen molar-refractivity contribution in [3.8, 4) is 0 Å². The predicted molar refractivity (Wildman–Crippen MR) is 161 cm³/mol. The molecule has 0 radical (unpaired) electrons. The van der Waals surface area contributed by atoms with Crippen LogP contribution in [-0.2, 0) is 17.6 Å². The molecule has 13 heteroatoms. The minimum atomic E-state index is -0.0641. The summed E-state index contributed by atoms with van der Waals surface area (Å²) in [6.45, 7) is 3.14. The molecule has 6 heterocycles. The summed E-state index contributed by atoms with van der Waals surface area (Å²) in [6.07, 6.45) is 8.25. The Hall–Kier alpha value is -4.81. The number of fused-ring (bicyclic) bond motifs is 7. The Morgan fingerprint density at radius 1 is 0.976 bits per heavy atom. The molecule has 1 saturated heterocycles. The van der Waals surface area contributed by atoms with Gasteiger partial charge in [-0.1, -0.05) is 11.6 Å². The molecule has 0 aliphatic carbocycles. The van der Waals surface area contributed by atoms with Crippen LogP contribution in [-0.4, -0.2) is 68.5 Å². The number of rotatable bonds is 4. The Bertz CT molecular complexity index is 1740. The van der Waals surface area contributed by atoms with Gasteiger partial charge in [0, 0.05) is 49.9 Å². The number of piperazine rings is 1. The van der Waals surface area contributed by atoms with Crippen molar-refractivity contribution in [2.45, 2.75) is 12.8 Å². The second-order valence-electron chi connectivity index (χ2n) is 10.2. The zero-order valence-electron chi connectivity index (χ0n) is 22.5. The maximum atomic E-state index is 13.2. The van der Waals surface area contributed by atoms with E-state index in [0.717, 1.165) is 40.1 Å². The number of amides is 1. The van der Waals surface area contributed by atoms with Crippen LogP contribution in [0.2, 0.25) is 5.02 Å². The largest absolute Gasteiger partial charge is 0.404 e. The molecule has 4 aromatic heterocycles. The van der Waals surface area contributed by atoms with E-state index in [4.69, 9.17) is 16.0 Å². The predicted octanol–water partition coefficient (Wildman–Crippen LogP) is 4.41. The number of halogens is 1. The van der Waals surface area contributed by atoms with Gasteiger partial charge in [0.05, 0.1) is 24.6 Å². The van der Waals surface area contributed by atoms with Crippen molar-refractivity contribution in [2.24, 2.45) is 0 Å². The van der Waals surface area contributed by atoms with Crippen LogP contribution in [0.3, 0.4) is 0 Å². The van der Waals surface area contributed by atoms with E-state index < -0.39 is 0 Å². The fourth-order valence-electron chi connectivity index (χ4n) is 5.14. The molecule has 0 spiro atoms. The maximum absolute atomic E-state index is 13.2. The van der Waals surface area contributed by atoms with E-state index >= 15 is 0 Å². The average molecular weight is 583 g/mol. The van der Waals surface area contributed by atoms with Gasteiger partial charge in [-0.15, -0.1) is 0 Å². The first-order chi connectivity index (χ1) is 20.6. The quantitative estimate of drug-likeness (QED) is 0.278. The van der Waals surface area contributed by atoms with Gasteiger partial charge in [0.1, 0.15) is 10.5 Å². The second-order valence-corrected chi connectivity index (χ2v) is 10.6. The molecular weight excluding hydrogens is 556 g/mol. The lowest BCUT2D eigenvalue weighted by atomic mass is 10.0. The normalized spacial score (nSPS) is 15.1. The van der Waals surface area contributed by atoms with E-state index in [1.807, 2.05) is 42.6 Å². The number of anilines is 6. The molecule has 3 N–H and O–H groups in total. The number of pyridine rings is 2. The third-order valence-electron chi connectivity index (χ3n) is 7.29. The van der Waals surface area contributed by atoms with Gasteiger partial charge in [-0.05, 0) is 60.4 Å². The highest BCUT2D eigenvalue weighted by atomic mass is 35.5. The lowest BCUT2D eigenvalue weighted by molar-refractivity contribution is -0.117. The maximum Gasteiger partial charge on any atom is 0.299 e. The van der Waals surface area contributed by atoms with Crippen molar-refractivity contribution >= 4 is 63.6 Å². The van der Waals surface area contributed by atoms with Gasteiger partial charge in [-0.2, -0.15) is 9.97 Å². The Morgan fingerprint density at radius 2 is 1.88 bits per heavy atom. The van der Waals surface area contributed by atoms with Crippen LogP contribution in [0.25, 0.3) is 11.2 Å². The van der Waals surface area contributed by atoms with Crippen molar-refractivity contribution in [1.82, 2.24) is 29.8 Å². The van der Waals surface area contributed by atoms with Crippen molar-refractivity contribution in [3.63, 3.8) is 0 Å². The van der Waals surface area contributed by atoms with E-state index in [9.17, 15) is 4.79 Å². The summed E-state index contributed by atoms with van der Waals surface area (Å²) in [5.74, 6) is 0.829. The summed E-state index contributed by atoms with van der Waals surface area (Å²) in [7, 11) is 0. The average Bonchev–Trinajstić information content (AvgIpc) is 3.44.